The number of carbonyl (C=O) groups is 1. The minimum atomic E-state index is -0.478. The molecule has 1 saturated heterocycles. The summed E-state index contributed by atoms with van der Waals surface area (Å²) in [6.45, 7) is 6.67. The quantitative estimate of drug-likeness (QED) is 0.797. The molecule has 112 valence electrons. The monoisotopic (exact) mass is 288 g/mol. The predicted octanol–water partition coefficient (Wildman–Crippen LogP) is 2.45. The Hall–Kier alpha value is -2.04. The van der Waals surface area contributed by atoms with E-state index in [-0.39, 0.29) is 18.2 Å². The van der Waals surface area contributed by atoms with Crippen molar-refractivity contribution in [2.24, 2.45) is 4.99 Å². The number of benzene rings is 1. The van der Waals surface area contributed by atoms with Gasteiger partial charge in [-0.05, 0) is 32.9 Å². The zero-order valence-electron chi connectivity index (χ0n) is 12.6. The van der Waals surface area contributed by atoms with Gasteiger partial charge in [0.1, 0.15) is 17.7 Å². The lowest BCUT2D eigenvalue weighted by atomic mass is 10.2. The Labute approximate surface area is 124 Å². The highest BCUT2D eigenvalue weighted by atomic mass is 16.6. The van der Waals surface area contributed by atoms with Gasteiger partial charge in [0.2, 0.25) is 5.90 Å². The van der Waals surface area contributed by atoms with Crippen molar-refractivity contribution < 1.29 is 14.3 Å². The Morgan fingerprint density at radius 1 is 1.29 bits per heavy atom. The van der Waals surface area contributed by atoms with Gasteiger partial charge in [-0.3, -0.25) is 0 Å². The molecule has 21 heavy (non-hydrogen) atoms. The fourth-order valence-electron chi connectivity index (χ4n) is 2.52. The summed E-state index contributed by atoms with van der Waals surface area (Å²) < 4.78 is 11.3. The van der Waals surface area contributed by atoms with Gasteiger partial charge >= 0.3 is 6.09 Å². The highest BCUT2D eigenvalue weighted by Gasteiger charge is 2.42. The summed E-state index contributed by atoms with van der Waals surface area (Å²) in [7, 11) is 0. The fourth-order valence-corrected chi connectivity index (χ4v) is 2.52. The summed E-state index contributed by atoms with van der Waals surface area (Å²) in [5, 5.41) is 0. The molecule has 0 unspecified atom stereocenters. The molecule has 0 bridgehead atoms. The molecule has 1 aromatic carbocycles. The van der Waals surface area contributed by atoms with E-state index in [1.165, 1.54) is 0 Å². The van der Waals surface area contributed by atoms with E-state index >= 15 is 0 Å². The number of likely N-dealkylation sites (tertiary alicyclic amines) is 1. The second kappa shape index (κ2) is 5.06. The van der Waals surface area contributed by atoms with Crippen LogP contribution in [0, 0.1) is 0 Å². The Morgan fingerprint density at radius 2 is 2.00 bits per heavy atom. The molecule has 1 fully saturated rings. The van der Waals surface area contributed by atoms with Crippen LogP contribution in [0.5, 0.6) is 0 Å². The van der Waals surface area contributed by atoms with E-state index in [0.717, 1.165) is 5.56 Å². The van der Waals surface area contributed by atoms with E-state index in [9.17, 15) is 4.79 Å². The van der Waals surface area contributed by atoms with Gasteiger partial charge in [0.25, 0.3) is 0 Å². The van der Waals surface area contributed by atoms with Crippen LogP contribution >= 0.6 is 0 Å². The summed E-state index contributed by atoms with van der Waals surface area (Å²) in [4.78, 5) is 18.3. The van der Waals surface area contributed by atoms with Crippen LogP contribution in [0.1, 0.15) is 26.3 Å². The van der Waals surface area contributed by atoms with E-state index in [0.29, 0.717) is 19.0 Å². The molecule has 0 saturated carbocycles. The number of amides is 1. The molecule has 0 aromatic heterocycles. The third kappa shape index (κ3) is 3.01. The molecule has 0 aliphatic carbocycles. The van der Waals surface area contributed by atoms with Gasteiger partial charge in [0, 0.05) is 5.56 Å². The molecule has 0 N–H and O–H groups in total. The molecule has 0 radical (unpaired) electrons. The van der Waals surface area contributed by atoms with Crippen LogP contribution in [0.2, 0.25) is 0 Å². The first kappa shape index (κ1) is 13.9. The van der Waals surface area contributed by atoms with Gasteiger partial charge in [0.05, 0.1) is 13.1 Å². The largest absolute Gasteiger partial charge is 0.470 e. The summed E-state index contributed by atoms with van der Waals surface area (Å²) >= 11 is 0. The number of nitrogens with zero attached hydrogens (tertiary/aromatic N) is 2. The lowest BCUT2D eigenvalue weighted by Gasteiger charge is -2.24. The first-order valence-electron chi connectivity index (χ1n) is 7.20. The summed E-state index contributed by atoms with van der Waals surface area (Å²) in [6, 6.07) is 9.85. The number of hydrogen-bond donors (Lipinski definition) is 0. The van der Waals surface area contributed by atoms with Gasteiger partial charge in [0.15, 0.2) is 0 Å². The fraction of sp³-hybridized carbons (Fsp3) is 0.500. The van der Waals surface area contributed by atoms with Crippen molar-refractivity contribution in [1.29, 1.82) is 0 Å². The maximum Gasteiger partial charge on any atom is 0.410 e. The summed E-state index contributed by atoms with van der Waals surface area (Å²) in [6.07, 6.45) is -0.357. The molecule has 2 atom stereocenters. The minimum Gasteiger partial charge on any atom is -0.470 e. The molecule has 5 nitrogen and oxygen atoms in total. The van der Waals surface area contributed by atoms with Crippen molar-refractivity contribution in [3.63, 3.8) is 0 Å². The van der Waals surface area contributed by atoms with Crippen LogP contribution in [0.4, 0.5) is 4.79 Å². The number of hydrogen-bond acceptors (Lipinski definition) is 4. The lowest BCUT2D eigenvalue weighted by molar-refractivity contribution is 0.0272. The third-order valence-electron chi connectivity index (χ3n) is 3.46. The van der Waals surface area contributed by atoms with Gasteiger partial charge in [-0.2, -0.15) is 0 Å². The number of ether oxygens (including phenoxy) is 2. The maximum absolute atomic E-state index is 12.0. The van der Waals surface area contributed by atoms with Crippen molar-refractivity contribution in [1.82, 2.24) is 4.90 Å². The molecule has 2 aliphatic rings. The normalized spacial score (nSPS) is 24.3. The van der Waals surface area contributed by atoms with Gasteiger partial charge < -0.3 is 14.4 Å². The van der Waals surface area contributed by atoms with E-state index in [4.69, 9.17) is 9.47 Å². The number of carbonyl (C=O) groups excluding carboxylic acids is 1. The molecule has 1 aromatic rings. The minimum absolute atomic E-state index is 0.00715. The molecule has 2 heterocycles. The first-order valence-corrected chi connectivity index (χ1v) is 7.20. The van der Waals surface area contributed by atoms with Crippen LogP contribution in [-0.2, 0) is 9.47 Å². The molecule has 5 heteroatoms. The van der Waals surface area contributed by atoms with Gasteiger partial charge in [-0.15, -0.1) is 0 Å². The average molecular weight is 288 g/mol. The lowest BCUT2D eigenvalue weighted by Crippen LogP contribution is -2.36. The topological polar surface area (TPSA) is 51.1 Å². The molecule has 2 aliphatic heterocycles. The Bertz CT molecular complexity index is 563. The molecular weight excluding hydrogens is 268 g/mol. The SMILES string of the molecule is CC(C)(C)OC(=O)N1C[C@@H]2N=C(c3ccccc3)O[C@@H]2C1. The predicted molar refractivity (Wildman–Crippen MR) is 79.4 cm³/mol. The molecule has 0 spiro atoms. The summed E-state index contributed by atoms with van der Waals surface area (Å²) in [5.41, 5.74) is 0.504. The van der Waals surface area contributed by atoms with Crippen molar-refractivity contribution in [2.45, 2.75) is 38.5 Å². The second-order valence-electron chi connectivity index (χ2n) is 6.41. The van der Waals surface area contributed by atoms with E-state index < -0.39 is 5.60 Å². The first-order chi connectivity index (χ1) is 9.92. The highest BCUT2D eigenvalue weighted by molar-refractivity contribution is 5.95. The Balaban J connectivity index is 1.65. The molecule has 3 rings (SSSR count). The average Bonchev–Trinajstić information content (AvgIpc) is 2.95. The standard InChI is InChI=1S/C16H20N2O3/c1-16(2,3)21-15(19)18-9-12-13(10-18)20-14(17-12)11-7-5-4-6-8-11/h4-8,12-13H,9-10H2,1-3H3/t12-,13+/m0/s1. The van der Waals surface area contributed by atoms with Crippen LogP contribution in [0.15, 0.2) is 35.3 Å². The number of aliphatic imine (C=N–C) groups is 1. The second-order valence-corrected chi connectivity index (χ2v) is 6.41. The number of fused-ring (bicyclic) bond motifs is 1. The van der Waals surface area contributed by atoms with Gasteiger partial charge in [-0.25, -0.2) is 9.79 Å². The maximum atomic E-state index is 12.0. The highest BCUT2D eigenvalue weighted by Crippen LogP contribution is 2.26. The Kier molecular flexibility index (Phi) is 3.35. The number of rotatable bonds is 1. The van der Waals surface area contributed by atoms with Crippen molar-refractivity contribution in [2.75, 3.05) is 13.1 Å². The smallest absolute Gasteiger partial charge is 0.410 e. The zero-order valence-corrected chi connectivity index (χ0v) is 12.6. The van der Waals surface area contributed by atoms with Crippen LogP contribution in [0.3, 0.4) is 0 Å². The zero-order chi connectivity index (χ0) is 15.0. The molecule has 1 amide bonds. The van der Waals surface area contributed by atoms with Crippen molar-refractivity contribution >= 4 is 12.0 Å². The molecular formula is C16H20N2O3. The van der Waals surface area contributed by atoms with Gasteiger partial charge in [-0.1, -0.05) is 18.2 Å². The van der Waals surface area contributed by atoms with E-state index in [1.807, 2.05) is 51.1 Å². The summed E-state index contributed by atoms with van der Waals surface area (Å²) in [5.74, 6) is 0.675. The van der Waals surface area contributed by atoms with Crippen LogP contribution in [0.25, 0.3) is 0 Å². The van der Waals surface area contributed by atoms with Crippen molar-refractivity contribution in [3.05, 3.63) is 35.9 Å². The van der Waals surface area contributed by atoms with Crippen LogP contribution < -0.4 is 0 Å². The van der Waals surface area contributed by atoms with Crippen LogP contribution in [-0.4, -0.2) is 47.7 Å². The van der Waals surface area contributed by atoms with E-state index in [1.54, 1.807) is 4.90 Å². The van der Waals surface area contributed by atoms with E-state index in [2.05, 4.69) is 4.99 Å². The van der Waals surface area contributed by atoms with Crippen molar-refractivity contribution in [3.8, 4) is 0 Å². The Morgan fingerprint density at radius 3 is 2.62 bits per heavy atom. The third-order valence-corrected chi connectivity index (χ3v) is 3.46.